The SMILES string of the molecule is Cc1c(F)cccc1-c1nc(N)nc(N2CCCC2)n1. The van der Waals surface area contributed by atoms with Crippen LogP contribution in [0.5, 0.6) is 0 Å². The number of nitrogens with two attached hydrogens (primary N) is 1. The molecule has 0 atom stereocenters. The lowest BCUT2D eigenvalue weighted by Gasteiger charge is -2.16. The molecule has 104 valence electrons. The molecule has 1 aromatic carbocycles. The predicted octanol–water partition coefficient (Wildman–Crippen LogP) is 2.17. The first-order chi connectivity index (χ1) is 9.65. The highest BCUT2D eigenvalue weighted by molar-refractivity contribution is 5.62. The fourth-order valence-electron chi connectivity index (χ4n) is 2.41. The van der Waals surface area contributed by atoms with Crippen LogP contribution in [0, 0.1) is 12.7 Å². The lowest BCUT2D eigenvalue weighted by atomic mass is 10.1. The van der Waals surface area contributed by atoms with Gasteiger partial charge in [0, 0.05) is 18.7 Å². The van der Waals surface area contributed by atoms with Crippen LogP contribution in [0.15, 0.2) is 18.2 Å². The second-order valence-electron chi connectivity index (χ2n) is 4.92. The minimum absolute atomic E-state index is 0.167. The molecule has 2 heterocycles. The Labute approximate surface area is 116 Å². The Bertz CT molecular complexity index is 637. The Morgan fingerprint density at radius 3 is 2.65 bits per heavy atom. The topological polar surface area (TPSA) is 67.9 Å². The van der Waals surface area contributed by atoms with E-state index in [0.29, 0.717) is 22.9 Å². The number of hydrogen-bond acceptors (Lipinski definition) is 5. The first-order valence-corrected chi connectivity index (χ1v) is 6.67. The molecule has 2 aromatic rings. The molecule has 5 nitrogen and oxygen atoms in total. The molecule has 0 bridgehead atoms. The normalized spacial score (nSPS) is 14.8. The summed E-state index contributed by atoms with van der Waals surface area (Å²) in [5.74, 6) is 0.898. The van der Waals surface area contributed by atoms with Crippen LogP contribution in [-0.2, 0) is 0 Å². The maximum absolute atomic E-state index is 13.7. The van der Waals surface area contributed by atoms with Crippen molar-refractivity contribution in [2.24, 2.45) is 0 Å². The van der Waals surface area contributed by atoms with Crippen molar-refractivity contribution in [1.29, 1.82) is 0 Å². The second kappa shape index (κ2) is 5.03. The number of hydrogen-bond donors (Lipinski definition) is 1. The summed E-state index contributed by atoms with van der Waals surface area (Å²) in [6, 6.07) is 4.86. The number of anilines is 2. The van der Waals surface area contributed by atoms with E-state index in [4.69, 9.17) is 5.73 Å². The second-order valence-corrected chi connectivity index (χ2v) is 4.92. The molecule has 0 aliphatic carbocycles. The van der Waals surface area contributed by atoms with E-state index in [1.807, 2.05) is 0 Å². The van der Waals surface area contributed by atoms with E-state index in [1.54, 1.807) is 19.1 Å². The van der Waals surface area contributed by atoms with E-state index in [-0.39, 0.29) is 11.8 Å². The Morgan fingerprint density at radius 2 is 1.90 bits per heavy atom. The third kappa shape index (κ3) is 2.29. The molecule has 1 fully saturated rings. The van der Waals surface area contributed by atoms with Gasteiger partial charge in [0.2, 0.25) is 11.9 Å². The van der Waals surface area contributed by atoms with Gasteiger partial charge in [0.05, 0.1) is 0 Å². The highest BCUT2D eigenvalue weighted by atomic mass is 19.1. The monoisotopic (exact) mass is 273 g/mol. The van der Waals surface area contributed by atoms with Gasteiger partial charge in [0.1, 0.15) is 5.82 Å². The number of rotatable bonds is 2. The number of halogens is 1. The fourth-order valence-corrected chi connectivity index (χ4v) is 2.41. The van der Waals surface area contributed by atoms with Gasteiger partial charge in [0.15, 0.2) is 5.82 Å². The van der Waals surface area contributed by atoms with Crippen molar-refractivity contribution in [2.75, 3.05) is 23.7 Å². The Balaban J connectivity index is 2.07. The first-order valence-electron chi connectivity index (χ1n) is 6.67. The molecule has 2 N–H and O–H groups in total. The maximum Gasteiger partial charge on any atom is 0.230 e. The number of nitrogen functional groups attached to an aromatic ring is 1. The van der Waals surface area contributed by atoms with Crippen molar-refractivity contribution in [3.05, 3.63) is 29.6 Å². The summed E-state index contributed by atoms with van der Waals surface area (Å²) in [5.41, 5.74) is 6.94. The summed E-state index contributed by atoms with van der Waals surface area (Å²) >= 11 is 0. The molecule has 1 aliphatic rings. The number of benzene rings is 1. The molecule has 1 aromatic heterocycles. The molecule has 6 heteroatoms. The zero-order chi connectivity index (χ0) is 14.1. The van der Waals surface area contributed by atoms with E-state index in [2.05, 4.69) is 19.9 Å². The van der Waals surface area contributed by atoms with Crippen molar-refractivity contribution in [3.8, 4) is 11.4 Å². The summed E-state index contributed by atoms with van der Waals surface area (Å²) in [6.45, 7) is 3.55. The molecule has 0 unspecified atom stereocenters. The van der Waals surface area contributed by atoms with Crippen LogP contribution in [0.4, 0.5) is 16.3 Å². The Hall–Kier alpha value is -2.24. The fraction of sp³-hybridized carbons (Fsp3) is 0.357. The van der Waals surface area contributed by atoms with Gasteiger partial charge in [-0.3, -0.25) is 0 Å². The minimum Gasteiger partial charge on any atom is -0.368 e. The summed E-state index contributed by atoms with van der Waals surface area (Å²) in [7, 11) is 0. The molecular weight excluding hydrogens is 257 g/mol. The number of aromatic nitrogens is 3. The van der Waals surface area contributed by atoms with Gasteiger partial charge >= 0.3 is 0 Å². The highest BCUT2D eigenvalue weighted by Crippen LogP contribution is 2.25. The first kappa shape index (κ1) is 12.8. The van der Waals surface area contributed by atoms with Crippen LogP contribution in [0.25, 0.3) is 11.4 Å². The van der Waals surface area contributed by atoms with Crippen LogP contribution < -0.4 is 10.6 Å². The van der Waals surface area contributed by atoms with Crippen molar-refractivity contribution >= 4 is 11.9 Å². The third-order valence-corrected chi connectivity index (χ3v) is 3.54. The van der Waals surface area contributed by atoms with E-state index in [1.165, 1.54) is 6.07 Å². The zero-order valence-electron chi connectivity index (χ0n) is 11.3. The molecule has 3 rings (SSSR count). The standard InChI is InChI=1S/C14H16FN5/c1-9-10(5-4-6-11(9)15)12-17-13(16)19-14(18-12)20-7-2-3-8-20/h4-6H,2-3,7-8H2,1H3,(H2,16,17,18,19). The molecule has 0 spiro atoms. The quantitative estimate of drug-likeness (QED) is 0.908. The summed E-state index contributed by atoms with van der Waals surface area (Å²) in [4.78, 5) is 14.8. The Morgan fingerprint density at radius 1 is 1.15 bits per heavy atom. The molecule has 1 saturated heterocycles. The smallest absolute Gasteiger partial charge is 0.230 e. The van der Waals surface area contributed by atoms with Crippen LogP contribution in [0.2, 0.25) is 0 Å². The largest absolute Gasteiger partial charge is 0.368 e. The molecule has 1 aliphatic heterocycles. The van der Waals surface area contributed by atoms with Gasteiger partial charge < -0.3 is 10.6 Å². The zero-order valence-corrected chi connectivity index (χ0v) is 11.3. The van der Waals surface area contributed by atoms with Crippen LogP contribution in [0.3, 0.4) is 0 Å². The third-order valence-electron chi connectivity index (χ3n) is 3.54. The highest BCUT2D eigenvalue weighted by Gasteiger charge is 2.18. The van der Waals surface area contributed by atoms with Gasteiger partial charge in [-0.1, -0.05) is 12.1 Å². The van der Waals surface area contributed by atoms with E-state index < -0.39 is 0 Å². The van der Waals surface area contributed by atoms with Gasteiger partial charge in [-0.25, -0.2) is 4.39 Å². The lowest BCUT2D eigenvalue weighted by molar-refractivity contribution is 0.619. The van der Waals surface area contributed by atoms with Gasteiger partial charge in [-0.05, 0) is 31.4 Å². The van der Waals surface area contributed by atoms with Crippen molar-refractivity contribution < 1.29 is 4.39 Å². The minimum atomic E-state index is -0.274. The van der Waals surface area contributed by atoms with Crippen LogP contribution in [0.1, 0.15) is 18.4 Å². The molecule has 0 radical (unpaired) electrons. The maximum atomic E-state index is 13.7. The predicted molar refractivity (Wildman–Crippen MR) is 75.8 cm³/mol. The van der Waals surface area contributed by atoms with Gasteiger partial charge in [0.25, 0.3) is 0 Å². The van der Waals surface area contributed by atoms with Gasteiger partial charge in [-0.2, -0.15) is 15.0 Å². The average Bonchev–Trinajstić information content (AvgIpc) is 2.95. The van der Waals surface area contributed by atoms with E-state index in [0.717, 1.165) is 25.9 Å². The van der Waals surface area contributed by atoms with Crippen molar-refractivity contribution in [1.82, 2.24) is 15.0 Å². The molecule has 0 amide bonds. The van der Waals surface area contributed by atoms with Gasteiger partial charge in [-0.15, -0.1) is 0 Å². The Kier molecular flexibility index (Phi) is 3.22. The molecular formula is C14H16FN5. The summed E-state index contributed by atoms with van der Waals surface area (Å²) in [5, 5.41) is 0. The van der Waals surface area contributed by atoms with Crippen LogP contribution >= 0.6 is 0 Å². The molecule has 0 saturated carbocycles. The average molecular weight is 273 g/mol. The lowest BCUT2D eigenvalue weighted by Crippen LogP contribution is -2.21. The van der Waals surface area contributed by atoms with Crippen molar-refractivity contribution in [2.45, 2.75) is 19.8 Å². The van der Waals surface area contributed by atoms with Crippen LogP contribution in [-0.4, -0.2) is 28.0 Å². The van der Waals surface area contributed by atoms with E-state index in [9.17, 15) is 4.39 Å². The summed E-state index contributed by atoms with van der Waals surface area (Å²) < 4.78 is 13.7. The van der Waals surface area contributed by atoms with E-state index >= 15 is 0 Å². The number of nitrogens with zero attached hydrogens (tertiary/aromatic N) is 4. The van der Waals surface area contributed by atoms with Crippen molar-refractivity contribution in [3.63, 3.8) is 0 Å². The summed E-state index contributed by atoms with van der Waals surface area (Å²) in [6.07, 6.45) is 2.25. The molecule has 20 heavy (non-hydrogen) atoms.